The Morgan fingerprint density at radius 2 is 1.14 bits per heavy atom. The second kappa shape index (κ2) is 24.7. The van der Waals surface area contributed by atoms with Crippen molar-refractivity contribution in [1.82, 2.24) is 0 Å². The van der Waals surface area contributed by atoms with E-state index >= 15 is 0 Å². The van der Waals surface area contributed by atoms with E-state index in [9.17, 15) is 0 Å². The number of hydrogen-bond acceptors (Lipinski definition) is 7. The lowest BCUT2D eigenvalue weighted by Crippen LogP contribution is -2.24. The average Bonchev–Trinajstić information content (AvgIpc) is 2.38. The molecular weight excluding hydrogens is 280 g/mol. The van der Waals surface area contributed by atoms with Crippen molar-refractivity contribution in [1.29, 1.82) is 0 Å². The van der Waals surface area contributed by atoms with Gasteiger partial charge in [0.05, 0.1) is 38.1 Å². The van der Waals surface area contributed by atoms with Gasteiger partial charge in [0.15, 0.2) is 0 Å². The molecule has 0 fully saturated rings. The van der Waals surface area contributed by atoms with Crippen molar-refractivity contribution in [3.8, 4) is 0 Å². The van der Waals surface area contributed by atoms with Crippen LogP contribution in [0.1, 0.15) is 41.0 Å². The van der Waals surface area contributed by atoms with Gasteiger partial charge in [-0.1, -0.05) is 0 Å². The van der Waals surface area contributed by atoms with E-state index in [0.29, 0.717) is 6.42 Å². The monoisotopic (exact) mass is 316 g/mol. The molecule has 0 aromatic carbocycles. The van der Waals surface area contributed by atoms with E-state index in [4.69, 9.17) is 35.4 Å². The van der Waals surface area contributed by atoms with Gasteiger partial charge in [-0.2, -0.15) is 0 Å². The first kappa shape index (κ1) is 28.8. The van der Waals surface area contributed by atoms with Gasteiger partial charge in [-0.25, -0.2) is 0 Å². The number of hydrogen-bond donors (Lipinski definition) is 6. The Bertz CT molecular complexity index is 137. The van der Waals surface area contributed by atoms with Crippen molar-refractivity contribution >= 4 is 0 Å². The molecule has 6 N–H and O–H groups in total. The van der Waals surface area contributed by atoms with E-state index in [1.807, 2.05) is 13.8 Å². The highest BCUT2D eigenvalue weighted by Gasteiger charge is 2.14. The lowest BCUT2D eigenvalue weighted by Gasteiger charge is -2.17. The highest BCUT2D eigenvalue weighted by Crippen LogP contribution is 2.09. The molecule has 7 heteroatoms. The Balaban J connectivity index is -0.0000000970. The predicted octanol–water partition coefficient (Wildman–Crippen LogP) is -0.487. The smallest absolute Gasteiger partial charge is 0.0662 e. The largest absolute Gasteiger partial charge is 0.394 e. The van der Waals surface area contributed by atoms with Gasteiger partial charge in [0.2, 0.25) is 0 Å². The molecule has 1 atom stereocenters. The molecule has 7 nitrogen and oxygen atoms in total. The number of aliphatic hydroxyl groups is 6. The Labute approximate surface area is 128 Å². The zero-order valence-corrected chi connectivity index (χ0v) is 14.1. The van der Waals surface area contributed by atoms with Gasteiger partial charge >= 0.3 is 0 Å². The molecule has 0 bridgehead atoms. The predicted molar refractivity (Wildman–Crippen MR) is 83.1 cm³/mol. The van der Waals surface area contributed by atoms with Crippen LogP contribution in [0.5, 0.6) is 0 Å². The Kier molecular flexibility index (Phi) is 33.9. The van der Waals surface area contributed by atoms with Crippen LogP contribution >= 0.6 is 0 Å². The number of aliphatic hydroxyl groups excluding tert-OH is 5. The zero-order chi connectivity index (χ0) is 17.7. The normalized spacial score (nSPS) is 11.0. The molecule has 0 saturated heterocycles. The molecule has 0 amide bonds. The fraction of sp³-hybridized carbons (Fsp3) is 1.00. The molecule has 0 aliphatic carbocycles. The Hall–Kier alpha value is -0.280. The molecule has 0 rings (SSSR count). The van der Waals surface area contributed by atoms with E-state index in [2.05, 4.69) is 0 Å². The van der Waals surface area contributed by atoms with Crippen LogP contribution in [0.4, 0.5) is 0 Å². The summed E-state index contributed by atoms with van der Waals surface area (Å²) in [5.41, 5.74) is -0.728. The third-order valence-corrected chi connectivity index (χ3v) is 1.40. The van der Waals surface area contributed by atoms with E-state index in [1.165, 1.54) is 0 Å². The van der Waals surface area contributed by atoms with Crippen molar-refractivity contribution in [2.75, 3.05) is 39.6 Å². The third kappa shape index (κ3) is 81.4. The van der Waals surface area contributed by atoms with E-state index in [1.54, 1.807) is 20.8 Å². The summed E-state index contributed by atoms with van der Waals surface area (Å²) in [5.74, 6) is 0. The highest BCUT2D eigenvalue weighted by atomic mass is 16.5. The van der Waals surface area contributed by atoms with Crippen LogP contribution in [0, 0.1) is 0 Å². The number of rotatable bonds is 6. The maximum Gasteiger partial charge on any atom is 0.0662 e. The van der Waals surface area contributed by atoms with E-state index < -0.39 is 11.7 Å². The maximum atomic E-state index is 9.03. The molecule has 0 aromatic heterocycles. The molecular formula is C14H36O7. The first-order valence-electron chi connectivity index (χ1n) is 7.08. The van der Waals surface area contributed by atoms with Crippen molar-refractivity contribution in [3.63, 3.8) is 0 Å². The summed E-state index contributed by atoms with van der Waals surface area (Å²) >= 11 is 0. The summed E-state index contributed by atoms with van der Waals surface area (Å²) in [4.78, 5) is 0. The summed E-state index contributed by atoms with van der Waals surface area (Å²) in [6.07, 6.45) is 0.0301. The minimum absolute atomic E-state index is 0.125. The molecule has 0 aliphatic rings. The molecule has 21 heavy (non-hydrogen) atoms. The lowest BCUT2D eigenvalue weighted by atomic mass is 10.0. The van der Waals surface area contributed by atoms with Gasteiger partial charge in [0.25, 0.3) is 0 Å². The van der Waals surface area contributed by atoms with Crippen LogP contribution in [0.15, 0.2) is 0 Å². The zero-order valence-electron chi connectivity index (χ0n) is 14.1. The summed E-state index contributed by atoms with van der Waals surface area (Å²) in [6, 6.07) is 0. The minimum Gasteiger partial charge on any atom is -0.394 e. The van der Waals surface area contributed by atoms with Gasteiger partial charge in [-0.15, -0.1) is 0 Å². The number of ether oxygens (including phenoxy) is 1. The molecule has 0 spiro atoms. The first-order chi connectivity index (χ1) is 9.66. The summed E-state index contributed by atoms with van der Waals surface area (Å²) < 4.78 is 4.83. The van der Waals surface area contributed by atoms with Crippen molar-refractivity contribution < 1.29 is 35.4 Å². The van der Waals surface area contributed by atoms with Gasteiger partial charge in [0.1, 0.15) is 0 Å². The fourth-order valence-electron chi connectivity index (χ4n) is 0.927. The second-order valence-electron chi connectivity index (χ2n) is 4.54. The fourth-order valence-corrected chi connectivity index (χ4v) is 0.927. The standard InChI is InChI=1S/C6H14O2.C4H10O.2C2H6O2/c1-5(7)4-6(2,3)8;1-3-5-4-2;2*3-1-2-4/h5,7-8H,4H2,1-3H3;3-4H2,1-2H3;2*3-4H,1-2H2. The summed E-state index contributed by atoms with van der Waals surface area (Å²) in [7, 11) is 0. The first-order valence-corrected chi connectivity index (χ1v) is 7.08. The van der Waals surface area contributed by atoms with Crippen molar-refractivity contribution in [3.05, 3.63) is 0 Å². The highest BCUT2D eigenvalue weighted by molar-refractivity contribution is 4.67. The molecule has 0 aliphatic heterocycles. The van der Waals surface area contributed by atoms with E-state index in [0.717, 1.165) is 13.2 Å². The van der Waals surface area contributed by atoms with Gasteiger partial charge in [0, 0.05) is 19.6 Å². The van der Waals surface area contributed by atoms with Crippen molar-refractivity contribution in [2.45, 2.75) is 52.7 Å². The van der Waals surface area contributed by atoms with Crippen LogP contribution in [-0.4, -0.2) is 82.0 Å². The molecule has 1 unspecified atom stereocenters. The van der Waals surface area contributed by atoms with Gasteiger partial charge in [-0.05, 0) is 34.6 Å². The quantitative estimate of drug-likeness (QED) is 0.390. The van der Waals surface area contributed by atoms with Crippen molar-refractivity contribution in [2.24, 2.45) is 0 Å². The average molecular weight is 316 g/mol. The van der Waals surface area contributed by atoms with Gasteiger partial charge in [-0.3, -0.25) is 0 Å². The van der Waals surface area contributed by atoms with Gasteiger partial charge < -0.3 is 35.4 Å². The van der Waals surface area contributed by atoms with Crippen LogP contribution < -0.4 is 0 Å². The van der Waals surface area contributed by atoms with Crippen LogP contribution in [0.25, 0.3) is 0 Å². The topological polar surface area (TPSA) is 131 Å². The third-order valence-electron chi connectivity index (χ3n) is 1.40. The molecule has 134 valence electrons. The second-order valence-corrected chi connectivity index (χ2v) is 4.54. The Morgan fingerprint density at radius 3 is 1.14 bits per heavy atom. The summed E-state index contributed by atoms with van der Waals surface area (Å²) in [5, 5.41) is 48.3. The van der Waals surface area contributed by atoms with Crippen LogP contribution in [0.2, 0.25) is 0 Å². The molecule has 0 aromatic rings. The lowest BCUT2D eigenvalue weighted by molar-refractivity contribution is 0.0249. The molecule has 0 saturated carbocycles. The Morgan fingerprint density at radius 1 is 0.857 bits per heavy atom. The SMILES string of the molecule is CC(O)CC(C)(C)O.CCOCC.OCCO.OCCO. The van der Waals surface area contributed by atoms with E-state index in [-0.39, 0.29) is 26.4 Å². The molecule has 0 radical (unpaired) electrons. The van der Waals surface area contributed by atoms with Crippen LogP contribution in [-0.2, 0) is 4.74 Å². The molecule has 0 heterocycles. The maximum absolute atomic E-state index is 9.03. The summed E-state index contributed by atoms with van der Waals surface area (Å²) in [6.45, 7) is 10.2. The minimum atomic E-state index is -0.728. The van der Waals surface area contributed by atoms with Crippen LogP contribution in [0.3, 0.4) is 0 Å².